The van der Waals surface area contributed by atoms with Crippen LogP contribution in [0.25, 0.3) is 0 Å². The number of hydrogen-bond acceptors (Lipinski definition) is 0. The van der Waals surface area contributed by atoms with E-state index in [1.165, 1.54) is 64.2 Å². The highest BCUT2D eigenvalue weighted by Gasteiger charge is 2.26. The highest BCUT2D eigenvalue weighted by Crippen LogP contribution is 2.39. The Morgan fingerprint density at radius 2 is 0.545 bits per heavy atom. The van der Waals surface area contributed by atoms with Crippen molar-refractivity contribution in [1.82, 2.24) is 0 Å². The summed E-state index contributed by atoms with van der Waals surface area (Å²) in [6.45, 7) is 0. The lowest BCUT2D eigenvalue weighted by Crippen LogP contribution is -2.22. The maximum Gasteiger partial charge on any atom is -0.0386 e. The van der Waals surface area contributed by atoms with Gasteiger partial charge in [0.1, 0.15) is 0 Å². The van der Waals surface area contributed by atoms with Crippen molar-refractivity contribution in [2.24, 2.45) is 11.8 Å². The molecule has 0 heterocycles. The molecule has 0 radical (unpaired) electrons. The van der Waals surface area contributed by atoms with Gasteiger partial charge in [0.2, 0.25) is 0 Å². The average Bonchev–Trinajstić information content (AvgIpc) is 2.66. The number of fused-ring (bicyclic) bond motifs is 1. The standard InChI is InChI=1S/C10H18.C6H12.C6H6/c1-2-6-10-8-4-3-7-9(10)5-1;2*1-2-4-6-5-3-1/h9-10H,1-8H2;1-6H2;1-6H. The van der Waals surface area contributed by atoms with Crippen LogP contribution in [0.4, 0.5) is 0 Å². The fourth-order valence-corrected chi connectivity index (χ4v) is 4.30. The van der Waals surface area contributed by atoms with E-state index in [-0.39, 0.29) is 0 Å². The van der Waals surface area contributed by atoms with Gasteiger partial charge < -0.3 is 0 Å². The predicted octanol–water partition coefficient (Wildman–Crippen LogP) is 7.39. The van der Waals surface area contributed by atoms with Crippen molar-refractivity contribution in [3.05, 3.63) is 36.4 Å². The van der Waals surface area contributed by atoms with Gasteiger partial charge in [-0.3, -0.25) is 0 Å². The first-order chi connectivity index (χ1) is 11.0. The number of rotatable bonds is 0. The second-order valence-electron chi connectivity index (χ2n) is 7.37. The molecule has 1 aromatic carbocycles. The van der Waals surface area contributed by atoms with Gasteiger partial charge in [0.15, 0.2) is 0 Å². The first kappa shape index (κ1) is 17.6. The van der Waals surface area contributed by atoms with E-state index in [1.54, 1.807) is 25.7 Å². The smallest absolute Gasteiger partial charge is 0.0386 e. The zero-order valence-electron chi connectivity index (χ0n) is 14.5. The molecule has 3 saturated carbocycles. The van der Waals surface area contributed by atoms with Gasteiger partial charge in [0, 0.05) is 0 Å². The molecule has 1 aromatic rings. The zero-order chi connectivity index (χ0) is 15.3. The second kappa shape index (κ2) is 11.7. The molecule has 0 atom stereocenters. The lowest BCUT2D eigenvalue weighted by molar-refractivity contribution is 0.171. The quantitative estimate of drug-likeness (QED) is 0.468. The summed E-state index contributed by atoms with van der Waals surface area (Å²) in [5.41, 5.74) is 0. The summed E-state index contributed by atoms with van der Waals surface area (Å²) in [6.07, 6.45) is 21.4. The summed E-state index contributed by atoms with van der Waals surface area (Å²) >= 11 is 0. The van der Waals surface area contributed by atoms with Crippen molar-refractivity contribution in [3.8, 4) is 0 Å². The van der Waals surface area contributed by atoms with Crippen LogP contribution < -0.4 is 0 Å². The summed E-state index contributed by atoms with van der Waals surface area (Å²) in [6, 6.07) is 12.0. The van der Waals surface area contributed by atoms with E-state index in [0.717, 1.165) is 11.8 Å². The van der Waals surface area contributed by atoms with Crippen molar-refractivity contribution < 1.29 is 0 Å². The molecule has 3 fully saturated rings. The Morgan fingerprint density at radius 3 is 0.773 bits per heavy atom. The first-order valence-electron chi connectivity index (χ1n) is 9.97. The van der Waals surface area contributed by atoms with Crippen LogP contribution in [0.3, 0.4) is 0 Å². The maximum atomic E-state index is 2.00. The Bertz CT molecular complexity index is 274. The van der Waals surface area contributed by atoms with Crippen LogP contribution in [-0.4, -0.2) is 0 Å². The second-order valence-corrected chi connectivity index (χ2v) is 7.37. The van der Waals surface area contributed by atoms with E-state index in [4.69, 9.17) is 0 Å². The monoisotopic (exact) mass is 300 g/mol. The van der Waals surface area contributed by atoms with Gasteiger partial charge in [0.25, 0.3) is 0 Å². The van der Waals surface area contributed by atoms with Crippen molar-refractivity contribution in [2.75, 3.05) is 0 Å². The number of benzene rings is 1. The molecule has 4 rings (SSSR count). The van der Waals surface area contributed by atoms with Gasteiger partial charge in [-0.25, -0.2) is 0 Å². The first-order valence-corrected chi connectivity index (χ1v) is 9.97. The molecule has 0 bridgehead atoms. The molecular formula is C22H36. The molecule has 0 aliphatic heterocycles. The van der Waals surface area contributed by atoms with Crippen LogP contribution in [0.15, 0.2) is 36.4 Å². The highest BCUT2D eigenvalue weighted by atomic mass is 14.3. The SMILES string of the molecule is C1CCC2CCCCC2C1.C1CCCCC1.c1ccccc1. The molecule has 3 aliphatic rings. The molecule has 0 heteroatoms. The van der Waals surface area contributed by atoms with Gasteiger partial charge in [-0.2, -0.15) is 0 Å². The maximum absolute atomic E-state index is 2.00. The highest BCUT2D eigenvalue weighted by molar-refractivity contribution is 4.99. The summed E-state index contributed by atoms with van der Waals surface area (Å²) in [5.74, 6) is 2.31. The largest absolute Gasteiger partial charge is 0.0623 e. The Labute approximate surface area is 138 Å². The average molecular weight is 301 g/mol. The molecule has 0 amide bonds. The molecule has 0 saturated heterocycles. The third kappa shape index (κ3) is 7.47. The van der Waals surface area contributed by atoms with E-state index in [2.05, 4.69) is 0 Å². The van der Waals surface area contributed by atoms with Crippen LogP contribution in [0.1, 0.15) is 89.9 Å². The molecule has 0 N–H and O–H groups in total. The predicted molar refractivity (Wildman–Crippen MR) is 98.1 cm³/mol. The molecule has 0 spiro atoms. The van der Waals surface area contributed by atoms with Crippen LogP contribution in [0, 0.1) is 11.8 Å². The van der Waals surface area contributed by atoms with E-state index >= 15 is 0 Å². The number of hydrogen-bond donors (Lipinski definition) is 0. The van der Waals surface area contributed by atoms with Crippen molar-refractivity contribution in [1.29, 1.82) is 0 Å². The van der Waals surface area contributed by atoms with Gasteiger partial charge in [-0.1, -0.05) is 126 Å². The Hall–Kier alpha value is -0.780. The van der Waals surface area contributed by atoms with E-state index in [9.17, 15) is 0 Å². The molecular weight excluding hydrogens is 264 g/mol. The Balaban J connectivity index is 0.000000128. The summed E-state index contributed by atoms with van der Waals surface area (Å²) in [5, 5.41) is 0. The van der Waals surface area contributed by atoms with E-state index < -0.39 is 0 Å². The topological polar surface area (TPSA) is 0 Å². The molecule has 22 heavy (non-hydrogen) atoms. The normalized spacial score (nSPS) is 27.3. The van der Waals surface area contributed by atoms with Crippen LogP contribution >= 0.6 is 0 Å². The zero-order valence-corrected chi connectivity index (χ0v) is 14.5. The third-order valence-corrected chi connectivity index (χ3v) is 5.63. The molecule has 0 unspecified atom stereocenters. The Morgan fingerprint density at radius 1 is 0.318 bits per heavy atom. The third-order valence-electron chi connectivity index (χ3n) is 5.63. The minimum Gasteiger partial charge on any atom is -0.0623 e. The van der Waals surface area contributed by atoms with Crippen molar-refractivity contribution in [2.45, 2.75) is 89.9 Å². The molecule has 0 aromatic heterocycles. The minimum absolute atomic E-state index is 1.16. The van der Waals surface area contributed by atoms with Gasteiger partial charge in [-0.05, 0) is 11.8 Å². The lowest BCUT2D eigenvalue weighted by atomic mass is 9.71. The van der Waals surface area contributed by atoms with Gasteiger partial charge in [-0.15, -0.1) is 0 Å². The lowest BCUT2D eigenvalue weighted by Gasteiger charge is -2.35. The van der Waals surface area contributed by atoms with E-state index in [0.29, 0.717) is 0 Å². The van der Waals surface area contributed by atoms with Gasteiger partial charge >= 0.3 is 0 Å². The fraction of sp³-hybridized carbons (Fsp3) is 0.727. The van der Waals surface area contributed by atoms with Crippen LogP contribution in [0.2, 0.25) is 0 Å². The summed E-state index contributed by atoms with van der Waals surface area (Å²) in [4.78, 5) is 0. The van der Waals surface area contributed by atoms with Gasteiger partial charge in [0.05, 0.1) is 0 Å². The van der Waals surface area contributed by atoms with Crippen molar-refractivity contribution >= 4 is 0 Å². The molecule has 124 valence electrons. The Kier molecular flexibility index (Phi) is 9.38. The molecule has 3 aliphatic carbocycles. The summed E-state index contributed by atoms with van der Waals surface area (Å²) < 4.78 is 0. The molecule has 0 nitrogen and oxygen atoms in total. The summed E-state index contributed by atoms with van der Waals surface area (Å²) in [7, 11) is 0. The van der Waals surface area contributed by atoms with E-state index in [1.807, 2.05) is 36.4 Å². The van der Waals surface area contributed by atoms with Crippen LogP contribution in [-0.2, 0) is 0 Å². The van der Waals surface area contributed by atoms with Crippen molar-refractivity contribution in [3.63, 3.8) is 0 Å². The fourth-order valence-electron chi connectivity index (χ4n) is 4.30. The van der Waals surface area contributed by atoms with Crippen LogP contribution in [0.5, 0.6) is 0 Å². The minimum atomic E-state index is 1.16.